The van der Waals surface area contributed by atoms with Crippen LogP contribution in [-0.4, -0.2) is 29.8 Å². The van der Waals surface area contributed by atoms with Gasteiger partial charge in [-0.05, 0) is 42.7 Å². The topological polar surface area (TPSA) is 100 Å². The molecule has 134 valence electrons. The molecule has 25 heavy (non-hydrogen) atoms. The van der Waals surface area contributed by atoms with Crippen LogP contribution in [0, 0.1) is 12.3 Å². The van der Waals surface area contributed by atoms with Crippen LogP contribution >= 0.6 is 0 Å². The van der Waals surface area contributed by atoms with Gasteiger partial charge in [0.25, 0.3) is 0 Å². The zero-order valence-electron chi connectivity index (χ0n) is 14.0. The number of ether oxygens (including phenoxy) is 1. The van der Waals surface area contributed by atoms with Gasteiger partial charge in [0.05, 0.1) is 6.21 Å². The molecule has 0 bridgehead atoms. The van der Waals surface area contributed by atoms with Gasteiger partial charge in [-0.3, -0.25) is 14.8 Å². The Bertz CT molecular complexity index is 606. The van der Waals surface area contributed by atoms with E-state index in [9.17, 15) is 9.59 Å². The summed E-state index contributed by atoms with van der Waals surface area (Å²) in [5.74, 6) is 2.52. The molecule has 1 aromatic carbocycles. The van der Waals surface area contributed by atoms with Crippen molar-refractivity contribution in [2.75, 3.05) is 6.61 Å². The average molecular weight is 345 g/mol. The molecule has 2 amide bonds. The number of unbranched alkanes of at least 4 members (excludes halogenated alkanes) is 3. The summed E-state index contributed by atoms with van der Waals surface area (Å²) in [6.07, 6.45) is 10.4. The molecule has 0 heterocycles. The molecule has 0 radical (unpaired) electrons. The fourth-order valence-electron chi connectivity index (χ4n) is 1.99. The maximum absolute atomic E-state index is 11.6. The second-order valence-electron chi connectivity index (χ2n) is 5.30. The molecule has 7 heteroatoms. The summed E-state index contributed by atoms with van der Waals surface area (Å²) in [7, 11) is 0. The monoisotopic (exact) mass is 345 g/mol. The van der Waals surface area contributed by atoms with Gasteiger partial charge in [-0.25, -0.2) is 10.9 Å². The van der Waals surface area contributed by atoms with Crippen LogP contribution < -0.4 is 15.6 Å². The average Bonchev–Trinajstić information content (AvgIpc) is 2.63. The van der Waals surface area contributed by atoms with Crippen molar-refractivity contribution in [1.29, 1.82) is 0 Å². The molecule has 0 spiro atoms. The zero-order chi connectivity index (χ0) is 18.3. The van der Waals surface area contributed by atoms with Crippen molar-refractivity contribution in [2.45, 2.75) is 38.5 Å². The first-order chi connectivity index (χ1) is 12.2. The number of carbonyl (C=O) groups excluding carboxylic acids is 2. The third-order valence-electron chi connectivity index (χ3n) is 3.29. The quantitative estimate of drug-likeness (QED) is 0.188. The van der Waals surface area contributed by atoms with Gasteiger partial charge in [-0.1, -0.05) is 18.8 Å². The standard InChI is InChI=1S/C18H23N3O4/c1-2-13-25-16-11-9-15(10-12-16)14-19-20-17(22)7-5-3-4-6-8-18(23)21-24/h1,9-12,14,24H,3-8,13H2,(H,20,22)(H,21,23)/b19-14+. The molecular formula is C18H23N3O4. The SMILES string of the molecule is C#CCOc1ccc(/C=N/NC(=O)CCCCCCC(=O)NO)cc1. The van der Waals surface area contributed by atoms with Crippen LogP contribution in [0.3, 0.4) is 0 Å². The number of hydrogen-bond acceptors (Lipinski definition) is 5. The van der Waals surface area contributed by atoms with Crippen LogP contribution in [0.15, 0.2) is 29.4 Å². The highest BCUT2D eigenvalue weighted by Crippen LogP contribution is 2.10. The minimum atomic E-state index is -0.386. The van der Waals surface area contributed by atoms with Gasteiger partial charge in [-0.2, -0.15) is 5.10 Å². The van der Waals surface area contributed by atoms with E-state index in [0.29, 0.717) is 25.0 Å². The van der Waals surface area contributed by atoms with Crippen molar-refractivity contribution in [3.05, 3.63) is 29.8 Å². The lowest BCUT2D eigenvalue weighted by atomic mass is 10.1. The summed E-state index contributed by atoms with van der Waals surface area (Å²) in [5.41, 5.74) is 4.89. The van der Waals surface area contributed by atoms with Gasteiger partial charge in [0.2, 0.25) is 11.8 Å². The lowest BCUT2D eigenvalue weighted by Crippen LogP contribution is -2.18. The predicted octanol–water partition coefficient (Wildman–Crippen LogP) is 1.99. The van der Waals surface area contributed by atoms with Crippen LogP contribution in [-0.2, 0) is 9.59 Å². The number of hydrogen-bond donors (Lipinski definition) is 3. The fraction of sp³-hybridized carbons (Fsp3) is 0.389. The van der Waals surface area contributed by atoms with Crippen molar-refractivity contribution >= 4 is 18.0 Å². The molecule has 0 saturated carbocycles. The highest BCUT2D eigenvalue weighted by atomic mass is 16.5. The highest BCUT2D eigenvalue weighted by molar-refractivity contribution is 5.82. The number of benzene rings is 1. The molecule has 7 nitrogen and oxygen atoms in total. The van der Waals surface area contributed by atoms with Crippen LogP contribution in [0.1, 0.15) is 44.1 Å². The first-order valence-electron chi connectivity index (χ1n) is 8.07. The smallest absolute Gasteiger partial charge is 0.243 e. The Hall–Kier alpha value is -2.85. The Kier molecular flexibility index (Phi) is 10.1. The second-order valence-corrected chi connectivity index (χ2v) is 5.30. The molecule has 0 fully saturated rings. The van der Waals surface area contributed by atoms with Gasteiger partial charge in [-0.15, -0.1) is 6.42 Å². The van der Waals surface area contributed by atoms with E-state index in [0.717, 1.165) is 24.8 Å². The molecule has 0 atom stereocenters. The van der Waals surface area contributed by atoms with E-state index in [1.165, 1.54) is 0 Å². The maximum atomic E-state index is 11.6. The number of terminal acetylenes is 1. The second kappa shape index (κ2) is 12.6. The lowest BCUT2D eigenvalue weighted by molar-refractivity contribution is -0.129. The minimum absolute atomic E-state index is 0.154. The number of nitrogens with one attached hydrogen (secondary N) is 2. The first kappa shape index (κ1) is 20.2. The van der Waals surface area contributed by atoms with Crippen LogP contribution in [0.5, 0.6) is 5.75 Å². The van der Waals surface area contributed by atoms with Gasteiger partial charge >= 0.3 is 0 Å². The number of rotatable bonds is 11. The van der Waals surface area contributed by atoms with Crippen molar-refractivity contribution in [2.24, 2.45) is 5.10 Å². The summed E-state index contributed by atoms with van der Waals surface area (Å²) in [6, 6.07) is 7.17. The van der Waals surface area contributed by atoms with E-state index < -0.39 is 0 Å². The first-order valence-corrected chi connectivity index (χ1v) is 8.07. The third kappa shape index (κ3) is 9.79. The van der Waals surface area contributed by atoms with Crippen molar-refractivity contribution < 1.29 is 19.5 Å². The van der Waals surface area contributed by atoms with E-state index in [4.69, 9.17) is 16.4 Å². The zero-order valence-corrected chi connectivity index (χ0v) is 14.0. The van der Waals surface area contributed by atoms with E-state index in [2.05, 4.69) is 16.4 Å². The van der Waals surface area contributed by atoms with E-state index in [1.807, 2.05) is 12.1 Å². The van der Waals surface area contributed by atoms with Gasteiger partial charge < -0.3 is 4.74 Å². The number of hydrazone groups is 1. The van der Waals surface area contributed by atoms with Gasteiger partial charge in [0.1, 0.15) is 12.4 Å². The van der Waals surface area contributed by atoms with Gasteiger partial charge in [0.15, 0.2) is 0 Å². The molecule has 3 N–H and O–H groups in total. The van der Waals surface area contributed by atoms with Crippen molar-refractivity contribution in [3.8, 4) is 18.1 Å². The molecular weight excluding hydrogens is 322 g/mol. The summed E-state index contributed by atoms with van der Waals surface area (Å²) < 4.78 is 5.26. The van der Waals surface area contributed by atoms with Crippen molar-refractivity contribution in [3.63, 3.8) is 0 Å². The Morgan fingerprint density at radius 3 is 2.36 bits per heavy atom. The van der Waals surface area contributed by atoms with E-state index in [-0.39, 0.29) is 18.4 Å². The summed E-state index contributed by atoms with van der Waals surface area (Å²) in [4.78, 5) is 22.4. The molecule has 1 aromatic rings. The Morgan fingerprint density at radius 1 is 1.12 bits per heavy atom. The Morgan fingerprint density at radius 2 is 1.76 bits per heavy atom. The largest absolute Gasteiger partial charge is 0.481 e. The summed E-state index contributed by atoms with van der Waals surface area (Å²) in [5, 5.41) is 12.2. The van der Waals surface area contributed by atoms with Gasteiger partial charge in [0, 0.05) is 12.8 Å². The summed E-state index contributed by atoms with van der Waals surface area (Å²) in [6.45, 7) is 0.220. The number of nitrogens with zero attached hydrogens (tertiary/aromatic N) is 1. The van der Waals surface area contributed by atoms with Crippen LogP contribution in [0.25, 0.3) is 0 Å². The van der Waals surface area contributed by atoms with Crippen LogP contribution in [0.4, 0.5) is 0 Å². The predicted molar refractivity (Wildman–Crippen MR) is 94.1 cm³/mol. The Labute approximate surface area is 147 Å². The lowest BCUT2D eigenvalue weighted by Gasteiger charge is -2.02. The molecule has 0 aliphatic carbocycles. The third-order valence-corrected chi connectivity index (χ3v) is 3.29. The van der Waals surface area contributed by atoms with E-state index in [1.54, 1.807) is 23.8 Å². The molecule has 0 saturated heterocycles. The fourth-order valence-corrected chi connectivity index (χ4v) is 1.99. The Balaban J connectivity index is 2.15. The highest BCUT2D eigenvalue weighted by Gasteiger charge is 2.01. The molecule has 0 aliphatic heterocycles. The molecule has 0 unspecified atom stereocenters. The molecule has 1 rings (SSSR count). The number of carbonyl (C=O) groups is 2. The van der Waals surface area contributed by atoms with Crippen LogP contribution in [0.2, 0.25) is 0 Å². The van der Waals surface area contributed by atoms with E-state index >= 15 is 0 Å². The molecule has 0 aliphatic rings. The number of amides is 2. The minimum Gasteiger partial charge on any atom is -0.481 e. The normalized spacial score (nSPS) is 10.2. The van der Waals surface area contributed by atoms with Crippen molar-refractivity contribution in [1.82, 2.24) is 10.9 Å². The molecule has 0 aromatic heterocycles. The maximum Gasteiger partial charge on any atom is 0.243 e. The summed E-state index contributed by atoms with van der Waals surface area (Å²) >= 11 is 0. The number of hydroxylamine groups is 1.